The lowest BCUT2D eigenvalue weighted by atomic mass is 10.1. The molecule has 0 unspecified atom stereocenters. The van der Waals surface area contributed by atoms with Crippen LogP contribution in [0.15, 0.2) is 18.2 Å². The zero-order valence-electron chi connectivity index (χ0n) is 15.4. The molecule has 26 heavy (non-hydrogen) atoms. The minimum atomic E-state index is -0.909. The summed E-state index contributed by atoms with van der Waals surface area (Å²) in [7, 11) is 0. The summed E-state index contributed by atoms with van der Waals surface area (Å²) in [5, 5.41) is 2.79. The van der Waals surface area contributed by atoms with E-state index in [-0.39, 0.29) is 18.2 Å². The molecule has 1 N–H and O–H groups in total. The average Bonchev–Trinajstić information content (AvgIpc) is 2.61. The van der Waals surface area contributed by atoms with E-state index < -0.39 is 17.7 Å². The van der Waals surface area contributed by atoms with Crippen molar-refractivity contribution in [3.05, 3.63) is 35.4 Å². The molecule has 2 rings (SSSR count). The molecule has 1 fully saturated rings. The summed E-state index contributed by atoms with van der Waals surface area (Å²) in [5.41, 5.74) is 0.579. The lowest BCUT2D eigenvalue weighted by molar-refractivity contribution is -0.139. The maximum Gasteiger partial charge on any atom is 0.237 e. The van der Waals surface area contributed by atoms with Crippen molar-refractivity contribution in [2.24, 2.45) is 0 Å². The van der Waals surface area contributed by atoms with Crippen LogP contribution in [0.3, 0.4) is 0 Å². The average molecular weight is 367 g/mol. The Labute approximate surface area is 153 Å². The molecule has 0 saturated carbocycles. The Balaban J connectivity index is 2.10. The van der Waals surface area contributed by atoms with Gasteiger partial charge in [0.15, 0.2) is 11.6 Å². The Morgan fingerprint density at radius 2 is 1.92 bits per heavy atom. The van der Waals surface area contributed by atoms with Gasteiger partial charge in [0.1, 0.15) is 0 Å². The van der Waals surface area contributed by atoms with Crippen molar-refractivity contribution in [1.29, 1.82) is 0 Å². The van der Waals surface area contributed by atoms with Gasteiger partial charge in [-0.3, -0.25) is 14.5 Å². The second-order valence-corrected chi connectivity index (χ2v) is 6.61. The van der Waals surface area contributed by atoms with E-state index in [1.54, 1.807) is 4.90 Å². The van der Waals surface area contributed by atoms with Gasteiger partial charge in [-0.25, -0.2) is 8.78 Å². The third-order valence-corrected chi connectivity index (χ3v) is 4.52. The van der Waals surface area contributed by atoms with Crippen LogP contribution in [0.5, 0.6) is 0 Å². The van der Waals surface area contributed by atoms with E-state index >= 15 is 0 Å². The molecule has 1 atom stereocenters. The minimum absolute atomic E-state index is 0.0500. The highest BCUT2D eigenvalue weighted by atomic mass is 19.2. The predicted molar refractivity (Wildman–Crippen MR) is 95.3 cm³/mol. The highest BCUT2D eigenvalue weighted by molar-refractivity contribution is 5.88. The fourth-order valence-corrected chi connectivity index (χ4v) is 3.24. The van der Waals surface area contributed by atoms with Gasteiger partial charge in [-0.1, -0.05) is 19.9 Å². The molecule has 7 heteroatoms. The van der Waals surface area contributed by atoms with Crippen LogP contribution in [0.25, 0.3) is 0 Å². The number of benzene rings is 1. The molecule has 0 aromatic heterocycles. The van der Waals surface area contributed by atoms with Crippen LogP contribution in [0.4, 0.5) is 8.78 Å². The van der Waals surface area contributed by atoms with Gasteiger partial charge in [-0.15, -0.1) is 0 Å². The number of carbonyl (C=O) groups is 2. The number of hydrogen-bond donors (Lipinski definition) is 1. The van der Waals surface area contributed by atoms with E-state index in [2.05, 4.69) is 5.32 Å². The molecule has 1 heterocycles. The monoisotopic (exact) mass is 367 g/mol. The zero-order chi connectivity index (χ0) is 19.1. The van der Waals surface area contributed by atoms with Crippen molar-refractivity contribution in [3.8, 4) is 0 Å². The van der Waals surface area contributed by atoms with Gasteiger partial charge in [-0.05, 0) is 30.5 Å². The molecule has 1 aliphatic rings. The van der Waals surface area contributed by atoms with Crippen LogP contribution in [0, 0.1) is 11.6 Å². The van der Waals surface area contributed by atoms with Crippen molar-refractivity contribution in [2.45, 2.75) is 45.7 Å². The fraction of sp³-hybridized carbons (Fsp3) is 0.579. The fourth-order valence-electron chi connectivity index (χ4n) is 3.24. The standard InChI is InChI=1S/C19H27F2N3O2/c1-3-8-23(9-4-2)18(25)12-17-19(26)22-7-10-24(17)13-14-5-6-15(20)16(21)11-14/h5-6,11,17H,3-4,7-10,12-13H2,1-2H3,(H,22,26)/t17-/m1/s1. The maximum absolute atomic E-state index is 13.5. The number of rotatable bonds is 8. The topological polar surface area (TPSA) is 52.7 Å². The number of nitrogens with zero attached hydrogens (tertiary/aromatic N) is 2. The summed E-state index contributed by atoms with van der Waals surface area (Å²) < 4.78 is 26.6. The zero-order valence-corrected chi connectivity index (χ0v) is 15.4. The molecule has 1 aromatic rings. The first kappa shape index (κ1) is 20.3. The second kappa shape index (κ2) is 9.62. The van der Waals surface area contributed by atoms with Gasteiger partial charge in [0.2, 0.25) is 11.8 Å². The molecule has 0 radical (unpaired) electrons. The van der Waals surface area contributed by atoms with Crippen LogP contribution in [-0.2, 0) is 16.1 Å². The van der Waals surface area contributed by atoms with E-state index in [1.165, 1.54) is 6.07 Å². The van der Waals surface area contributed by atoms with Gasteiger partial charge in [-0.2, -0.15) is 0 Å². The van der Waals surface area contributed by atoms with Crippen molar-refractivity contribution < 1.29 is 18.4 Å². The summed E-state index contributed by atoms with van der Waals surface area (Å²) in [4.78, 5) is 28.6. The van der Waals surface area contributed by atoms with E-state index in [9.17, 15) is 18.4 Å². The summed E-state index contributed by atoms with van der Waals surface area (Å²) in [5.74, 6) is -2.05. The van der Waals surface area contributed by atoms with Crippen LogP contribution in [0.1, 0.15) is 38.7 Å². The molecule has 1 aliphatic heterocycles. The number of nitrogens with one attached hydrogen (secondary N) is 1. The van der Waals surface area contributed by atoms with Gasteiger partial charge >= 0.3 is 0 Å². The van der Waals surface area contributed by atoms with E-state index in [0.717, 1.165) is 25.0 Å². The van der Waals surface area contributed by atoms with Crippen molar-refractivity contribution in [1.82, 2.24) is 15.1 Å². The summed E-state index contributed by atoms with van der Waals surface area (Å²) in [6.45, 7) is 6.70. The normalized spacial score (nSPS) is 17.8. The summed E-state index contributed by atoms with van der Waals surface area (Å²) in [6, 6.07) is 3.13. The SMILES string of the molecule is CCCN(CCC)C(=O)C[C@@H]1C(=O)NCCN1Cc1ccc(F)c(F)c1. The maximum atomic E-state index is 13.5. The largest absolute Gasteiger partial charge is 0.353 e. The molecule has 5 nitrogen and oxygen atoms in total. The van der Waals surface area contributed by atoms with Gasteiger partial charge in [0.05, 0.1) is 12.5 Å². The lowest BCUT2D eigenvalue weighted by Crippen LogP contribution is -2.56. The Morgan fingerprint density at radius 3 is 2.54 bits per heavy atom. The van der Waals surface area contributed by atoms with Crippen molar-refractivity contribution in [3.63, 3.8) is 0 Å². The Hall–Kier alpha value is -2.02. The van der Waals surface area contributed by atoms with Gasteiger partial charge < -0.3 is 10.2 Å². The van der Waals surface area contributed by atoms with E-state index in [0.29, 0.717) is 38.3 Å². The summed E-state index contributed by atoms with van der Waals surface area (Å²) >= 11 is 0. The van der Waals surface area contributed by atoms with E-state index in [1.807, 2.05) is 18.7 Å². The minimum Gasteiger partial charge on any atom is -0.353 e. The molecular weight excluding hydrogens is 340 g/mol. The molecule has 1 saturated heterocycles. The third kappa shape index (κ3) is 5.24. The number of carbonyl (C=O) groups excluding carboxylic acids is 2. The number of hydrogen-bond acceptors (Lipinski definition) is 3. The number of piperazine rings is 1. The first-order valence-electron chi connectivity index (χ1n) is 9.19. The van der Waals surface area contributed by atoms with Crippen molar-refractivity contribution in [2.75, 3.05) is 26.2 Å². The second-order valence-electron chi connectivity index (χ2n) is 6.61. The number of amides is 2. The van der Waals surface area contributed by atoms with Gasteiger partial charge in [0, 0.05) is 32.7 Å². The molecule has 2 amide bonds. The predicted octanol–water partition coefficient (Wildman–Crippen LogP) is 2.30. The number of halogens is 2. The molecular formula is C19H27F2N3O2. The Morgan fingerprint density at radius 1 is 1.23 bits per heavy atom. The summed E-state index contributed by atoms with van der Waals surface area (Å²) in [6.07, 6.45) is 1.82. The molecule has 1 aromatic carbocycles. The van der Waals surface area contributed by atoms with Gasteiger partial charge in [0.25, 0.3) is 0 Å². The Kier molecular flexibility index (Phi) is 7.50. The van der Waals surface area contributed by atoms with Crippen LogP contribution >= 0.6 is 0 Å². The quantitative estimate of drug-likeness (QED) is 0.767. The third-order valence-electron chi connectivity index (χ3n) is 4.52. The first-order chi connectivity index (χ1) is 12.5. The molecule has 144 valence electrons. The van der Waals surface area contributed by atoms with Crippen LogP contribution < -0.4 is 5.32 Å². The van der Waals surface area contributed by atoms with Crippen LogP contribution in [0.2, 0.25) is 0 Å². The molecule has 0 aliphatic carbocycles. The Bertz CT molecular complexity index is 633. The smallest absolute Gasteiger partial charge is 0.237 e. The van der Waals surface area contributed by atoms with Crippen LogP contribution in [-0.4, -0.2) is 53.8 Å². The highest BCUT2D eigenvalue weighted by Gasteiger charge is 2.32. The first-order valence-corrected chi connectivity index (χ1v) is 9.19. The molecule has 0 bridgehead atoms. The highest BCUT2D eigenvalue weighted by Crippen LogP contribution is 2.17. The molecule has 0 spiro atoms. The van der Waals surface area contributed by atoms with Crippen molar-refractivity contribution >= 4 is 11.8 Å². The van der Waals surface area contributed by atoms with E-state index in [4.69, 9.17) is 0 Å². The lowest BCUT2D eigenvalue weighted by Gasteiger charge is -2.35.